The lowest BCUT2D eigenvalue weighted by Gasteiger charge is -2.16. The minimum Gasteiger partial charge on any atom is -0.467 e. The van der Waals surface area contributed by atoms with Gasteiger partial charge in [-0.1, -0.05) is 12.1 Å². The van der Waals surface area contributed by atoms with Gasteiger partial charge in [-0.2, -0.15) is 0 Å². The van der Waals surface area contributed by atoms with Gasteiger partial charge in [0.25, 0.3) is 0 Å². The summed E-state index contributed by atoms with van der Waals surface area (Å²) in [6, 6.07) is 4.88. The fourth-order valence-corrected chi connectivity index (χ4v) is 1.62. The Hall–Kier alpha value is -1.95. The third-order valence-corrected chi connectivity index (χ3v) is 2.61. The Morgan fingerprint density at radius 1 is 1.30 bits per heavy atom. The predicted octanol–water partition coefficient (Wildman–Crippen LogP) is 1.06. The average Bonchev–Trinajstić information content (AvgIpc) is 2.45. The van der Waals surface area contributed by atoms with Gasteiger partial charge < -0.3 is 14.8 Å². The van der Waals surface area contributed by atoms with E-state index in [9.17, 15) is 14.0 Å². The molecule has 0 radical (unpaired) electrons. The molecule has 0 aliphatic heterocycles. The predicted molar refractivity (Wildman–Crippen MR) is 70.5 cm³/mol. The van der Waals surface area contributed by atoms with Crippen LogP contribution in [0.2, 0.25) is 0 Å². The number of rotatable bonds is 7. The highest BCUT2D eigenvalue weighted by molar-refractivity contribution is 5.85. The Kier molecular flexibility index (Phi) is 6.66. The van der Waals surface area contributed by atoms with Gasteiger partial charge in [-0.15, -0.1) is 0 Å². The van der Waals surface area contributed by atoms with Gasteiger partial charge in [0.05, 0.1) is 7.11 Å². The van der Waals surface area contributed by atoms with E-state index in [4.69, 9.17) is 4.74 Å². The SMILES string of the molecule is CCOCC(=O)N[C@H](Cc1ccc(F)cc1)C(=O)OC. The summed E-state index contributed by atoms with van der Waals surface area (Å²) in [4.78, 5) is 23.2. The lowest BCUT2D eigenvalue weighted by Crippen LogP contribution is -2.44. The van der Waals surface area contributed by atoms with Crippen molar-refractivity contribution < 1.29 is 23.5 Å². The van der Waals surface area contributed by atoms with E-state index in [0.29, 0.717) is 6.61 Å². The van der Waals surface area contributed by atoms with Crippen LogP contribution < -0.4 is 5.32 Å². The van der Waals surface area contributed by atoms with Gasteiger partial charge in [0.1, 0.15) is 18.5 Å². The van der Waals surface area contributed by atoms with Crippen LogP contribution in [0.4, 0.5) is 4.39 Å². The van der Waals surface area contributed by atoms with E-state index in [1.54, 1.807) is 19.1 Å². The van der Waals surface area contributed by atoms with E-state index in [-0.39, 0.29) is 18.8 Å². The van der Waals surface area contributed by atoms with Crippen LogP contribution in [-0.2, 0) is 25.5 Å². The Morgan fingerprint density at radius 2 is 1.95 bits per heavy atom. The highest BCUT2D eigenvalue weighted by Crippen LogP contribution is 2.07. The van der Waals surface area contributed by atoms with Gasteiger partial charge in [0.15, 0.2) is 0 Å². The van der Waals surface area contributed by atoms with Crippen LogP contribution in [0.1, 0.15) is 12.5 Å². The van der Waals surface area contributed by atoms with E-state index in [0.717, 1.165) is 5.56 Å². The van der Waals surface area contributed by atoms with Crippen LogP contribution in [0.25, 0.3) is 0 Å². The highest BCUT2D eigenvalue weighted by atomic mass is 19.1. The summed E-state index contributed by atoms with van der Waals surface area (Å²) in [5.74, 6) is -1.31. The Bertz CT molecular complexity index is 447. The standard InChI is InChI=1S/C14H18FNO4/c1-3-20-9-13(17)16-12(14(18)19-2)8-10-4-6-11(15)7-5-10/h4-7,12H,3,8-9H2,1-2H3,(H,16,17)/t12-/m1/s1. The summed E-state index contributed by atoms with van der Waals surface area (Å²) in [7, 11) is 1.24. The third-order valence-electron chi connectivity index (χ3n) is 2.61. The molecule has 0 unspecified atom stereocenters. The number of methoxy groups -OCH3 is 1. The minimum absolute atomic E-state index is 0.118. The minimum atomic E-state index is -0.821. The molecule has 1 N–H and O–H groups in total. The van der Waals surface area contributed by atoms with Crippen molar-refractivity contribution in [1.29, 1.82) is 0 Å². The first-order chi connectivity index (χ1) is 9.56. The average molecular weight is 283 g/mol. The number of nitrogens with one attached hydrogen (secondary N) is 1. The van der Waals surface area contributed by atoms with Crippen molar-refractivity contribution in [2.24, 2.45) is 0 Å². The first kappa shape index (κ1) is 16.1. The number of carbonyl (C=O) groups is 2. The molecule has 0 bridgehead atoms. The smallest absolute Gasteiger partial charge is 0.328 e. The highest BCUT2D eigenvalue weighted by Gasteiger charge is 2.21. The number of amides is 1. The monoisotopic (exact) mass is 283 g/mol. The molecule has 0 saturated carbocycles. The van der Waals surface area contributed by atoms with E-state index < -0.39 is 17.9 Å². The molecule has 6 heteroatoms. The number of carbonyl (C=O) groups excluding carboxylic acids is 2. The van der Waals surface area contributed by atoms with Gasteiger partial charge in [-0.3, -0.25) is 4.79 Å². The van der Waals surface area contributed by atoms with Crippen molar-refractivity contribution in [2.45, 2.75) is 19.4 Å². The van der Waals surface area contributed by atoms with Crippen molar-refractivity contribution in [3.05, 3.63) is 35.6 Å². The fourth-order valence-electron chi connectivity index (χ4n) is 1.62. The quantitative estimate of drug-likeness (QED) is 0.760. The first-order valence-electron chi connectivity index (χ1n) is 6.26. The summed E-state index contributed by atoms with van der Waals surface area (Å²) in [6.45, 7) is 2.06. The number of hydrogen-bond acceptors (Lipinski definition) is 4. The van der Waals surface area contributed by atoms with Crippen molar-refractivity contribution in [2.75, 3.05) is 20.3 Å². The summed E-state index contributed by atoms with van der Waals surface area (Å²) in [5, 5.41) is 2.53. The molecule has 0 aliphatic carbocycles. The summed E-state index contributed by atoms with van der Waals surface area (Å²) in [6.07, 6.45) is 0.227. The van der Waals surface area contributed by atoms with Crippen molar-refractivity contribution >= 4 is 11.9 Å². The lowest BCUT2D eigenvalue weighted by molar-refractivity contribution is -0.145. The van der Waals surface area contributed by atoms with Crippen molar-refractivity contribution in [3.8, 4) is 0 Å². The van der Waals surface area contributed by atoms with Crippen LogP contribution >= 0.6 is 0 Å². The van der Waals surface area contributed by atoms with Crippen LogP contribution in [0, 0.1) is 5.82 Å². The molecular weight excluding hydrogens is 265 g/mol. The molecule has 20 heavy (non-hydrogen) atoms. The Morgan fingerprint density at radius 3 is 2.50 bits per heavy atom. The van der Waals surface area contributed by atoms with Crippen LogP contribution in [0.15, 0.2) is 24.3 Å². The number of hydrogen-bond donors (Lipinski definition) is 1. The molecule has 1 atom stereocenters. The molecule has 0 fully saturated rings. The number of benzene rings is 1. The van der Waals surface area contributed by atoms with E-state index in [1.807, 2.05) is 0 Å². The first-order valence-corrected chi connectivity index (χ1v) is 6.26. The molecule has 1 amide bonds. The molecule has 1 aromatic carbocycles. The second kappa shape index (κ2) is 8.27. The van der Waals surface area contributed by atoms with Crippen LogP contribution in [0.3, 0.4) is 0 Å². The van der Waals surface area contributed by atoms with Crippen molar-refractivity contribution in [1.82, 2.24) is 5.32 Å². The largest absolute Gasteiger partial charge is 0.467 e. The molecule has 110 valence electrons. The van der Waals surface area contributed by atoms with Gasteiger partial charge in [-0.05, 0) is 24.6 Å². The topological polar surface area (TPSA) is 64.6 Å². The maximum atomic E-state index is 12.8. The zero-order valence-corrected chi connectivity index (χ0v) is 11.5. The molecule has 1 aromatic rings. The third kappa shape index (κ3) is 5.36. The molecule has 0 aromatic heterocycles. The van der Waals surface area contributed by atoms with Crippen LogP contribution in [0.5, 0.6) is 0 Å². The van der Waals surface area contributed by atoms with Gasteiger partial charge in [0.2, 0.25) is 5.91 Å². The second-order valence-electron chi connectivity index (χ2n) is 4.11. The second-order valence-corrected chi connectivity index (χ2v) is 4.11. The summed E-state index contributed by atoms with van der Waals surface area (Å²) >= 11 is 0. The van der Waals surface area contributed by atoms with Gasteiger partial charge >= 0.3 is 5.97 Å². The van der Waals surface area contributed by atoms with E-state index in [1.165, 1.54) is 19.2 Å². The maximum Gasteiger partial charge on any atom is 0.328 e. The zero-order chi connectivity index (χ0) is 15.0. The Labute approximate surface area is 117 Å². The molecule has 5 nitrogen and oxygen atoms in total. The number of ether oxygens (including phenoxy) is 2. The molecule has 0 saturated heterocycles. The lowest BCUT2D eigenvalue weighted by atomic mass is 10.1. The summed E-state index contributed by atoms with van der Waals surface area (Å²) < 4.78 is 22.4. The molecular formula is C14H18FNO4. The molecule has 1 rings (SSSR count). The van der Waals surface area contributed by atoms with Gasteiger partial charge in [0, 0.05) is 13.0 Å². The van der Waals surface area contributed by atoms with Gasteiger partial charge in [-0.25, -0.2) is 9.18 Å². The normalized spacial score (nSPS) is 11.8. The number of esters is 1. The summed E-state index contributed by atoms with van der Waals surface area (Å²) in [5.41, 5.74) is 0.721. The van der Waals surface area contributed by atoms with E-state index in [2.05, 4.69) is 10.1 Å². The van der Waals surface area contributed by atoms with Crippen LogP contribution in [-0.4, -0.2) is 38.2 Å². The zero-order valence-electron chi connectivity index (χ0n) is 11.5. The molecule has 0 heterocycles. The molecule has 0 spiro atoms. The Balaban J connectivity index is 2.67. The van der Waals surface area contributed by atoms with E-state index >= 15 is 0 Å². The van der Waals surface area contributed by atoms with Crippen molar-refractivity contribution in [3.63, 3.8) is 0 Å². The molecule has 0 aliphatic rings. The maximum absolute atomic E-state index is 12.8. The fraction of sp³-hybridized carbons (Fsp3) is 0.429. The number of halogens is 1.